The first-order chi connectivity index (χ1) is 13.7. The van der Waals surface area contributed by atoms with Crippen molar-refractivity contribution in [3.8, 4) is 0 Å². The molecule has 0 saturated heterocycles. The van der Waals surface area contributed by atoms with E-state index in [1.807, 2.05) is 31.2 Å². The largest absolute Gasteiger partial charge is 0.454 e. The van der Waals surface area contributed by atoms with E-state index >= 15 is 0 Å². The Kier molecular flexibility index (Phi) is 7.96. The maximum Gasteiger partial charge on any atom is 0.325 e. The minimum absolute atomic E-state index is 0.239. The van der Waals surface area contributed by atoms with Crippen LogP contribution in [-0.2, 0) is 14.3 Å². The summed E-state index contributed by atoms with van der Waals surface area (Å²) in [5.74, 6) is -0.932. The number of para-hydroxylation sites is 1. The minimum atomic E-state index is -0.664. The van der Waals surface area contributed by atoms with E-state index in [-0.39, 0.29) is 24.3 Å². The van der Waals surface area contributed by atoms with Crippen molar-refractivity contribution >= 4 is 34.8 Å². The minimum Gasteiger partial charge on any atom is -0.454 e. The molecule has 29 heavy (non-hydrogen) atoms. The van der Waals surface area contributed by atoms with Crippen molar-refractivity contribution in [2.24, 2.45) is 0 Å². The van der Waals surface area contributed by atoms with Crippen LogP contribution in [0.2, 0.25) is 0 Å². The van der Waals surface area contributed by atoms with E-state index in [4.69, 9.17) is 4.74 Å². The Balaban J connectivity index is 1.90. The topological polar surface area (TPSA) is 84.5 Å². The molecule has 1 aromatic heterocycles. The van der Waals surface area contributed by atoms with E-state index in [2.05, 4.69) is 38.3 Å². The smallest absolute Gasteiger partial charge is 0.325 e. The molecule has 0 aliphatic carbocycles. The molecule has 2 aromatic rings. The average Bonchev–Trinajstić information content (AvgIpc) is 3.10. The lowest BCUT2D eigenvalue weighted by Gasteiger charge is -2.20. The van der Waals surface area contributed by atoms with Gasteiger partial charge in [-0.15, -0.1) is 11.3 Å². The summed E-state index contributed by atoms with van der Waals surface area (Å²) in [5.41, 5.74) is 2.85. The highest BCUT2D eigenvalue weighted by molar-refractivity contribution is 7.13. The number of carbonyl (C=O) groups excluding carboxylic acids is 3. The van der Waals surface area contributed by atoms with Gasteiger partial charge in [0.15, 0.2) is 6.61 Å². The number of nitrogens with one attached hydrogen (secondary N) is 2. The average molecular weight is 417 g/mol. The Hall–Kier alpha value is -2.67. The number of amides is 2. The normalized spacial score (nSPS) is 10.9. The number of benzene rings is 1. The first kappa shape index (κ1) is 22.6. The van der Waals surface area contributed by atoms with E-state index < -0.39 is 18.5 Å². The van der Waals surface area contributed by atoms with Crippen molar-refractivity contribution in [3.05, 3.63) is 51.2 Å². The molecule has 0 aliphatic heterocycles. The van der Waals surface area contributed by atoms with Crippen molar-refractivity contribution in [1.82, 2.24) is 5.32 Å². The third kappa shape index (κ3) is 6.42. The number of hydrogen-bond donors (Lipinski definition) is 2. The second kappa shape index (κ2) is 10.2. The van der Waals surface area contributed by atoms with Gasteiger partial charge in [0.25, 0.3) is 11.8 Å². The molecule has 0 atom stereocenters. The fourth-order valence-electron chi connectivity index (χ4n) is 2.86. The number of anilines is 1. The number of ether oxygens (including phenoxy) is 1. The summed E-state index contributed by atoms with van der Waals surface area (Å²) in [5, 5.41) is 5.39. The first-order valence-electron chi connectivity index (χ1n) is 9.62. The number of hydrogen-bond acceptors (Lipinski definition) is 5. The molecule has 0 saturated carbocycles. The van der Waals surface area contributed by atoms with E-state index in [9.17, 15) is 14.4 Å². The molecular formula is C22H28N2O4S. The Morgan fingerprint density at radius 3 is 2.14 bits per heavy atom. The highest BCUT2D eigenvalue weighted by Crippen LogP contribution is 2.32. The van der Waals surface area contributed by atoms with Gasteiger partial charge in [0.2, 0.25) is 0 Å². The van der Waals surface area contributed by atoms with Crippen LogP contribution < -0.4 is 10.6 Å². The quantitative estimate of drug-likeness (QED) is 0.631. The molecular weight excluding hydrogens is 388 g/mol. The summed E-state index contributed by atoms with van der Waals surface area (Å²) < 4.78 is 5.01. The zero-order valence-electron chi connectivity index (χ0n) is 17.5. The van der Waals surface area contributed by atoms with Crippen molar-refractivity contribution < 1.29 is 19.1 Å². The summed E-state index contributed by atoms with van der Waals surface area (Å²) in [4.78, 5) is 37.7. The van der Waals surface area contributed by atoms with Gasteiger partial charge in [0, 0.05) is 10.6 Å². The molecule has 2 rings (SSSR count). The molecule has 0 aliphatic rings. The van der Waals surface area contributed by atoms with Gasteiger partial charge in [-0.05, 0) is 42.0 Å². The standard InChI is InChI=1S/C22H28N2O4S/c1-13(2)16-7-6-8-17(14(3)4)21(16)24-19(25)12-28-20(26)11-23-22(27)18-10-9-15(5)29-18/h6-10,13-14H,11-12H2,1-5H3,(H,23,27)(H,24,25). The third-order valence-corrected chi connectivity index (χ3v) is 5.36. The molecule has 2 amide bonds. The zero-order valence-corrected chi connectivity index (χ0v) is 18.3. The van der Waals surface area contributed by atoms with Crippen LogP contribution in [0.5, 0.6) is 0 Å². The van der Waals surface area contributed by atoms with Crippen LogP contribution in [0.4, 0.5) is 5.69 Å². The molecule has 1 aromatic carbocycles. The lowest BCUT2D eigenvalue weighted by atomic mass is 9.92. The van der Waals surface area contributed by atoms with Crippen LogP contribution in [-0.4, -0.2) is 30.9 Å². The molecule has 0 radical (unpaired) electrons. The Morgan fingerprint density at radius 1 is 1.00 bits per heavy atom. The molecule has 0 unspecified atom stereocenters. The van der Waals surface area contributed by atoms with Crippen LogP contribution in [0.15, 0.2) is 30.3 Å². The second-order valence-corrected chi connectivity index (χ2v) is 8.71. The number of carbonyl (C=O) groups is 3. The van der Waals surface area contributed by atoms with Crippen molar-refractivity contribution in [2.45, 2.75) is 46.5 Å². The van der Waals surface area contributed by atoms with E-state index in [1.165, 1.54) is 11.3 Å². The van der Waals surface area contributed by atoms with Crippen LogP contribution >= 0.6 is 11.3 Å². The van der Waals surface area contributed by atoms with E-state index in [1.54, 1.807) is 6.07 Å². The van der Waals surface area contributed by atoms with E-state index in [0.29, 0.717) is 4.88 Å². The fraction of sp³-hybridized carbons (Fsp3) is 0.409. The van der Waals surface area contributed by atoms with Crippen LogP contribution in [0.25, 0.3) is 0 Å². The predicted octanol–water partition coefficient (Wildman–Crippen LogP) is 4.22. The molecule has 2 N–H and O–H groups in total. The monoisotopic (exact) mass is 416 g/mol. The Morgan fingerprint density at radius 2 is 1.62 bits per heavy atom. The first-order valence-corrected chi connectivity index (χ1v) is 10.4. The molecule has 0 bridgehead atoms. The maximum atomic E-state index is 12.4. The summed E-state index contributed by atoms with van der Waals surface area (Å²) in [6.07, 6.45) is 0. The van der Waals surface area contributed by atoms with Crippen molar-refractivity contribution in [1.29, 1.82) is 0 Å². The zero-order chi connectivity index (χ0) is 21.6. The van der Waals surface area contributed by atoms with Gasteiger partial charge < -0.3 is 15.4 Å². The molecule has 0 fully saturated rings. The van der Waals surface area contributed by atoms with Crippen molar-refractivity contribution in [2.75, 3.05) is 18.5 Å². The summed E-state index contributed by atoms with van der Waals surface area (Å²) in [6.45, 7) is 9.45. The number of esters is 1. The van der Waals surface area contributed by atoms with Gasteiger partial charge in [-0.1, -0.05) is 45.9 Å². The lowest BCUT2D eigenvalue weighted by Crippen LogP contribution is -2.32. The number of thiophene rings is 1. The molecule has 6 nitrogen and oxygen atoms in total. The summed E-state index contributed by atoms with van der Waals surface area (Å²) in [7, 11) is 0. The Labute approximate surface area is 175 Å². The predicted molar refractivity (Wildman–Crippen MR) is 116 cm³/mol. The van der Waals surface area contributed by atoms with Crippen LogP contribution in [0, 0.1) is 6.92 Å². The van der Waals surface area contributed by atoms with Gasteiger partial charge in [-0.25, -0.2) is 0 Å². The number of rotatable bonds is 8. The summed E-state index contributed by atoms with van der Waals surface area (Å²) in [6, 6.07) is 9.49. The molecule has 156 valence electrons. The highest BCUT2D eigenvalue weighted by atomic mass is 32.1. The molecule has 7 heteroatoms. The lowest BCUT2D eigenvalue weighted by molar-refractivity contribution is -0.146. The van der Waals surface area contributed by atoms with E-state index in [0.717, 1.165) is 21.7 Å². The van der Waals surface area contributed by atoms with Gasteiger partial charge >= 0.3 is 5.97 Å². The molecule has 0 spiro atoms. The SMILES string of the molecule is Cc1ccc(C(=O)NCC(=O)OCC(=O)Nc2c(C(C)C)cccc2C(C)C)s1. The summed E-state index contributed by atoms with van der Waals surface area (Å²) >= 11 is 1.35. The van der Waals surface area contributed by atoms with Crippen LogP contribution in [0.1, 0.15) is 65.2 Å². The van der Waals surface area contributed by atoms with Gasteiger partial charge in [0.05, 0.1) is 4.88 Å². The Bertz CT molecular complexity index is 860. The number of aryl methyl sites for hydroxylation is 1. The third-order valence-electron chi connectivity index (χ3n) is 4.36. The maximum absolute atomic E-state index is 12.4. The fourth-order valence-corrected chi connectivity index (χ4v) is 3.65. The van der Waals surface area contributed by atoms with Crippen molar-refractivity contribution in [3.63, 3.8) is 0 Å². The van der Waals surface area contributed by atoms with Gasteiger partial charge in [0.1, 0.15) is 6.54 Å². The van der Waals surface area contributed by atoms with Gasteiger partial charge in [-0.2, -0.15) is 0 Å². The van der Waals surface area contributed by atoms with Gasteiger partial charge in [-0.3, -0.25) is 14.4 Å². The highest BCUT2D eigenvalue weighted by Gasteiger charge is 2.17. The molecule has 1 heterocycles. The van der Waals surface area contributed by atoms with Crippen LogP contribution in [0.3, 0.4) is 0 Å². The second-order valence-electron chi connectivity index (χ2n) is 7.42.